The topological polar surface area (TPSA) is 111 Å². The van der Waals surface area contributed by atoms with Crippen molar-refractivity contribution < 1.29 is 4.79 Å². The molecule has 49 heavy (non-hydrogen) atoms. The van der Waals surface area contributed by atoms with Crippen LogP contribution in [0.4, 0.5) is 5.95 Å². The molecule has 8 nitrogen and oxygen atoms in total. The molecule has 3 heterocycles. The van der Waals surface area contributed by atoms with Gasteiger partial charge in [0.25, 0.3) is 0 Å². The molecule has 1 aliphatic carbocycles. The highest BCUT2D eigenvalue weighted by Crippen LogP contribution is 2.23. The van der Waals surface area contributed by atoms with Crippen molar-refractivity contribution >= 4 is 42.7 Å². The normalized spacial score (nSPS) is 14.2. The van der Waals surface area contributed by atoms with Crippen molar-refractivity contribution in [2.24, 2.45) is 0 Å². The number of nitrogens with zero attached hydrogens (tertiary/aromatic N) is 3. The lowest BCUT2D eigenvalue weighted by Crippen LogP contribution is -2.46. The predicted molar refractivity (Wildman–Crippen MR) is 205 cm³/mol. The number of pyridine rings is 1. The van der Waals surface area contributed by atoms with Crippen molar-refractivity contribution in [2.45, 2.75) is 64.8 Å². The van der Waals surface area contributed by atoms with Gasteiger partial charge in [-0.05, 0) is 64.6 Å². The van der Waals surface area contributed by atoms with Crippen LogP contribution in [0.25, 0.3) is 40.9 Å². The van der Waals surface area contributed by atoms with E-state index in [9.17, 15) is 4.79 Å². The molecule has 5 aromatic rings. The Labute approximate surface area is 294 Å². The molecular formula is C40H45N7OS. The molecule has 3 aromatic heterocycles. The molecule has 0 saturated carbocycles. The van der Waals surface area contributed by atoms with Gasteiger partial charge in [0.1, 0.15) is 5.69 Å². The Morgan fingerprint density at radius 2 is 1.80 bits per heavy atom. The molecule has 2 unspecified atom stereocenters. The van der Waals surface area contributed by atoms with E-state index >= 15 is 0 Å². The summed E-state index contributed by atoms with van der Waals surface area (Å²) in [6.45, 7) is 8.15. The van der Waals surface area contributed by atoms with Gasteiger partial charge < -0.3 is 20.6 Å². The Morgan fingerprint density at radius 3 is 2.51 bits per heavy atom. The Bertz CT molecular complexity index is 2000. The summed E-state index contributed by atoms with van der Waals surface area (Å²) in [5, 5.41) is 8.39. The van der Waals surface area contributed by atoms with Gasteiger partial charge >= 0.3 is 0 Å². The molecule has 6 rings (SSSR count). The van der Waals surface area contributed by atoms with Crippen LogP contribution in [0.2, 0.25) is 0 Å². The first-order chi connectivity index (χ1) is 24.0. The van der Waals surface area contributed by atoms with E-state index in [-0.39, 0.29) is 23.7 Å². The first-order valence-electron chi connectivity index (χ1n) is 17.0. The van der Waals surface area contributed by atoms with Gasteiger partial charge in [0.15, 0.2) is 5.82 Å². The Morgan fingerprint density at radius 1 is 1.02 bits per heavy atom. The van der Waals surface area contributed by atoms with E-state index in [2.05, 4.69) is 98.2 Å². The van der Waals surface area contributed by atoms with E-state index in [0.717, 1.165) is 56.5 Å². The molecule has 0 radical (unpaired) electrons. The number of carbonyl (C=O) groups excluding carboxylic acids is 1. The van der Waals surface area contributed by atoms with Gasteiger partial charge in [-0.15, -0.1) is 0 Å². The second kappa shape index (κ2) is 17.3. The highest BCUT2D eigenvalue weighted by atomic mass is 32.1. The fourth-order valence-electron chi connectivity index (χ4n) is 5.69. The van der Waals surface area contributed by atoms with Gasteiger partial charge in [-0.1, -0.05) is 99.7 Å². The molecule has 1 aliphatic rings. The maximum Gasteiger partial charge on any atom is 0.224 e. The number of anilines is 1. The van der Waals surface area contributed by atoms with E-state index in [1.165, 1.54) is 5.56 Å². The number of imidazole rings is 2. The van der Waals surface area contributed by atoms with Crippen LogP contribution in [0.5, 0.6) is 0 Å². The van der Waals surface area contributed by atoms with Gasteiger partial charge in [0.05, 0.1) is 23.5 Å². The largest absolute Gasteiger partial charge is 0.350 e. The standard InChI is InChI=1S/C38H39N7OS.C2H6/c1-3-8-30-24-41-33(23-27(30)4-2)36-43-31-17-13-26(14-18-32(31)44-36)22-35(46)42-34(37(47)45-38-39-19-20-40-38)21-25-11-15-29(16-12-25)28-9-6-5-7-10-28;1-2/h4-17,19-20,23-24,34,37,47H,3,18,21-22H2,1-2H3,(H,42,46)(H,43,44)(H2,39,40,45);1-2H3/b27-4-,30-8-;. The summed E-state index contributed by atoms with van der Waals surface area (Å²) in [6.07, 6.45) is 18.0. The van der Waals surface area contributed by atoms with E-state index in [4.69, 9.17) is 17.6 Å². The van der Waals surface area contributed by atoms with E-state index < -0.39 is 0 Å². The molecule has 0 aliphatic heterocycles. The minimum atomic E-state index is -0.381. The number of thiol groups is 1. The third-order valence-corrected chi connectivity index (χ3v) is 8.66. The third-order valence-electron chi connectivity index (χ3n) is 8.17. The van der Waals surface area contributed by atoms with Crippen LogP contribution >= 0.6 is 12.6 Å². The second-order valence-electron chi connectivity index (χ2n) is 11.5. The maximum absolute atomic E-state index is 13.4. The number of benzene rings is 2. The van der Waals surface area contributed by atoms with Gasteiger partial charge in [0, 0.05) is 30.7 Å². The number of rotatable bonds is 11. The number of aromatic amines is 2. The quantitative estimate of drug-likeness (QED) is 0.0779. The average Bonchev–Trinajstić information content (AvgIpc) is 3.77. The summed E-state index contributed by atoms with van der Waals surface area (Å²) in [7, 11) is 0. The summed E-state index contributed by atoms with van der Waals surface area (Å²) in [5.41, 5.74) is 7.00. The van der Waals surface area contributed by atoms with Gasteiger partial charge in [-0.25, -0.2) is 9.97 Å². The van der Waals surface area contributed by atoms with Crippen LogP contribution in [0.1, 0.15) is 57.5 Å². The van der Waals surface area contributed by atoms with Crippen molar-refractivity contribution in [1.29, 1.82) is 0 Å². The lowest BCUT2D eigenvalue weighted by Gasteiger charge is -2.25. The van der Waals surface area contributed by atoms with Crippen LogP contribution in [-0.4, -0.2) is 42.2 Å². The molecule has 2 atom stereocenters. The monoisotopic (exact) mass is 671 g/mol. The number of hydrogen-bond donors (Lipinski definition) is 5. The van der Waals surface area contributed by atoms with E-state index in [0.29, 0.717) is 18.8 Å². The molecule has 252 valence electrons. The van der Waals surface area contributed by atoms with Crippen LogP contribution in [-0.2, 0) is 17.6 Å². The number of carbonyl (C=O) groups is 1. The van der Waals surface area contributed by atoms with Crippen LogP contribution in [0, 0.1) is 0 Å². The smallest absolute Gasteiger partial charge is 0.224 e. The SMILES string of the molecule is C/C=c1/cc(-c2nc3c([nH]2)CC=C(CC(=O)NC(Cc2ccc(-c4ccccc4)cc2)C(S)Nc2ncc[nH]2)C=C3)nc/c1=C/CC.CC. The average molecular weight is 672 g/mol. The van der Waals surface area contributed by atoms with Crippen molar-refractivity contribution in [3.8, 4) is 22.6 Å². The molecule has 0 bridgehead atoms. The van der Waals surface area contributed by atoms with Gasteiger partial charge in [-0.2, -0.15) is 12.6 Å². The van der Waals surface area contributed by atoms with Crippen molar-refractivity contribution in [3.05, 3.63) is 124 Å². The zero-order valence-electron chi connectivity index (χ0n) is 28.6. The molecule has 0 fully saturated rings. The van der Waals surface area contributed by atoms with Gasteiger partial charge in [0.2, 0.25) is 11.9 Å². The Balaban J connectivity index is 0.00000230. The summed E-state index contributed by atoms with van der Waals surface area (Å²) in [6, 6.07) is 20.5. The van der Waals surface area contributed by atoms with Crippen molar-refractivity contribution in [2.75, 3.05) is 5.32 Å². The highest BCUT2D eigenvalue weighted by Gasteiger charge is 2.23. The fourth-order valence-corrected chi connectivity index (χ4v) is 6.00. The molecular weight excluding hydrogens is 627 g/mol. The van der Waals surface area contributed by atoms with Crippen LogP contribution < -0.4 is 21.1 Å². The van der Waals surface area contributed by atoms with Crippen LogP contribution in [0.15, 0.2) is 97.0 Å². The molecule has 2 aromatic carbocycles. The number of amides is 1. The predicted octanol–water partition coefficient (Wildman–Crippen LogP) is 6.86. The van der Waals surface area contributed by atoms with E-state index in [1.807, 2.05) is 57.3 Å². The molecule has 0 spiro atoms. The number of allylic oxidation sites excluding steroid dienone is 2. The first kappa shape index (κ1) is 35.2. The lowest BCUT2D eigenvalue weighted by atomic mass is 10.00. The fraction of sp³-hybridized carbons (Fsp3) is 0.250. The summed E-state index contributed by atoms with van der Waals surface area (Å²) in [4.78, 5) is 33.7. The summed E-state index contributed by atoms with van der Waals surface area (Å²) in [5.74, 6) is 1.26. The Kier molecular flexibility index (Phi) is 12.4. The molecule has 4 N–H and O–H groups in total. The molecule has 0 saturated heterocycles. The van der Waals surface area contributed by atoms with Crippen molar-refractivity contribution in [3.63, 3.8) is 0 Å². The van der Waals surface area contributed by atoms with Crippen molar-refractivity contribution in [1.82, 2.24) is 30.2 Å². The number of fused-ring (bicyclic) bond motifs is 1. The third kappa shape index (κ3) is 9.27. The molecule has 9 heteroatoms. The second-order valence-corrected chi connectivity index (χ2v) is 12.1. The maximum atomic E-state index is 13.4. The minimum absolute atomic E-state index is 0.0807. The summed E-state index contributed by atoms with van der Waals surface area (Å²) >= 11 is 4.83. The zero-order chi connectivity index (χ0) is 34.6. The number of H-pyrrole nitrogens is 2. The molecule has 1 amide bonds. The number of nitrogens with one attached hydrogen (secondary N) is 4. The first-order valence-corrected chi connectivity index (χ1v) is 17.5. The minimum Gasteiger partial charge on any atom is -0.350 e. The Hall–Kier alpha value is -5.15. The highest BCUT2D eigenvalue weighted by molar-refractivity contribution is 7.81. The van der Waals surface area contributed by atoms with E-state index in [1.54, 1.807) is 12.4 Å². The van der Waals surface area contributed by atoms with Gasteiger partial charge in [-0.3, -0.25) is 9.78 Å². The number of aromatic nitrogens is 5. The zero-order valence-corrected chi connectivity index (χ0v) is 29.5. The number of hydrogen-bond acceptors (Lipinski definition) is 6. The lowest BCUT2D eigenvalue weighted by molar-refractivity contribution is -0.121. The van der Waals surface area contributed by atoms with Crippen LogP contribution in [0.3, 0.4) is 0 Å². The summed E-state index contributed by atoms with van der Waals surface area (Å²) < 4.78 is 0.